The van der Waals surface area contributed by atoms with Gasteiger partial charge < -0.3 is 0 Å². The highest BCUT2D eigenvalue weighted by molar-refractivity contribution is 5.92. The molecule has 0 heterocycles. The fraction of sp³-hybridized carbons (Fsp3) is 0.0968. The van der Waals surface area contributed by atoms with Crippen molar-refractivity contribution in [1.82, 2.24) is 0 Å². The van der Waals surface area contributed by atoms with Gasteiger partial charge in [-0.3, -0.25) is 0 Å². The molecule has 0 N–H and O–H groups in total. The van der Waals surface area contributed by atoms with Crippen LogP contribution in [0.1, 0.15) is 44.5 Å². The molecular weight excluding hydrogens is 372 g/mol. The third kappa shape index (κ3) is 2.15. The third-order valence-corrected chi connectivity index (χ3v) is 7.42. The van der Waals surface area contributed by atoms with Crippen LogP contribution in [0.15, 0.2) is 109 Å². The maximum Gasteiger partial charge on any atom is 0.0718 e. The third-order valence-electron chi connectivity index (χ3n) is 7.42. The van der Waals surface area contributed by atoms with E-state index in [2.05, 4.69) is 109 Å². The van der Waals surface area contributed by atoms with Crippen molar-refractivity contribution >= 4 is 10.8 Å². The molecule has 0 bridgehead atoms. The van der Waals surface area contributed by atoms with Crippen LogP contribution >= 0.6 is 0 Å². The van der Waals surface area contributed by atoms with Gasteiger partial charge in [-0.1, -0.05) is 109 Å². The van der Waals surface area contributed by atoms with Crippen LogP contribution in [0.25, 0.3) is 10.8 Å². The molecule has 31 heavy (non-hydrogen) atoms. The van der Waals surface area contributed by atoms with Crippen LogP contribution in [0.5, 0.6) is 0 Å². The molecule has 5 aromatic rings. The molecule has 0 fully saturated rings. The summed E-state index contributed by atoms with van der Waals surface area (Å²) in [5, 5.41) is 2.70. The minimum atomic E-state index is -0.281. The van der Waals surface area contributed by atoms with Crippen LogP contribution in [0.4, 0.5) is 0 Å². The van der Waals surface area contributed by atoms with Crippen LogP contribution in [0, 0.1) is 0 Å². The van der Waals surface area contributed by atoms with Crippen LogP contribution in [0.2, 0.25) is 0 Å². The smallest absolute Gasteiger partial charge is 0.0620 e. The van der Waals surface area contributed by atoms with Crippen molar-refractivity contribution < 1.29 is 0 Å². The zero-order valence-corrected chi connectivity index (χ0v) is 17.3. The monoisotopic (exact) mass is 394 g/mol. The molecule has 0 aromatic heterocycles. The first-order chi connectivity index (χ1) is 15.4. The highest BCUT2D eigenvalue weighted by atomic mass is 14.5. The van der Waals surface area contributed by atoms with E-state index in [1.807, 2.05) is 0 Å². The summed E-state index contributed by atoms with van der Waals surface area (Å²) >= 11 is 0. The lowest BCUT2D eigenvalue weighted by atomic mass is 9.55. The zero-order chi connectivity index (χ0) is 20.4. The predicted octanol–water partition coefficient (Wildman–Crippen LogP) is 7.03. The second kappa shape index (κ2) is 6.18. The quantitative estimate of drug-likeness (QED) is 0.259. The largest absolute Gasteiger partial charge is 0.0718 e. The SMILES string of the molecule is c1ccc2c(c1)Cc1ccccc1C21c2ccccc2Cc2ccc3ccccc3c21. The highest BCUT2D eigenvalue weighted by Gasteiger charge is 2.48. The molecule has 2 aliphatic rings. The first kappa shape index (κ1) is 17.1. The predicted molar refractivity (Wildman–Crippen MR) is 128 cm³/mol. The van der Waals surface area contributed by atoms with Gasteiger partial charge in [0.15, 0.2) is 0 Å². The molecule has 0 amide bonds. The molecule has 0 saturated heterocycles. The summed E-state index contributed by atoms with van der Waals surface area (Å²) in [4.78, 5) is 0. The van der Waals surface area contributed by atoms with Gasteiger partial charge in [-0.25, -0.2) is 0 Å². The topological polar surface area (TPSA) is 0 Å². The number of hydrogen-bond acceptors (Lipinski definition) is 0. The van der Waals surface area contributed by atoms with Crippen molar-refractivity contribution in [2.45, 2.75) is 18.3 Å². The summed E-state index contributed by atoms with van der Waals surface area (Å²) in [5.74, 6) is 0. The van der Waals surface area contributed by atoms with E-state index in [1.165, 1.54) is 55.3 Å². The van der Waals surface area contributed by atoms with Crippen molar-refractivity contribution in [2.75, 3.05) is 0 Å². The van der Waals surface area contributed by atoms with E-state index in [0.717, 1.165) is 12.8 Å². The van der Waals surface area contributed by atoms with E-state index < -0.39 is 0 Å². The van der Waals surface area contributed by atoms with Crippen LogP contribution in [-0.2, 0) is 18.3 Å². The van der Waals surface area contributed by atoms with Gasteiger partial charge in [0.05, 0.1) is 5.41 Å². The standard InChI is InChI=1S/C31H22/c1-5-13-26-21(9-1)17-18-25-20-24-12-4-8-16-29(24)31(30(25)26)27-14-6-2-10-22(27)19-23-11-3-7-15-28(23)31/h1-18H,19-20H2. The summed E-state index contributed by atoms with van der Waals surface area (Å²) in [5.41, 5.74) is 11.3. The molecule has 0 radical (unpaired) electrons. The molecule has 2 aliphatic carbocycles. The Hall–Kier alpha value is -3.64. The van der Waals surface area contributed by atoms with Crippen molar-refractivity contribution in [3.63, 3.8) is 0 Å². The zero-order valence-electron chi connectivity index (χ0n) is 17.3. The first-order valence-electron chi connectivity index (χ1n) is 11.1. The number of fused-ring (bicyclic) bond motifs is 10. The van der Waals surface area contributed by atoms with Gasteiger partial charge in [0, 0.05) is 0 Å². The lowest BCUT2D eigenvalue weighted by Crippen LogP contribution is -2.40. The summed E-state index contributed by atoms with van der Waals surface area (Å²) < 4.78 is 0. The molecule has 0 atom stereocenters. The molecule has 0 aliphatic heterocycles. The Balaban J connectivity index is 1.76. The summed E-state index contributed by atoms with van der Waals surface area (Å²) in [6.45, 7) is 0. The van der Waals surface area contributed by atoms with Crippen LogP contribution in [-0.4, -0.2) is 0 Å². The van der Waals surface area contributed by atoms with Gasteiger partial charge in [0.25, 0.3) is 0 Å². The lowest BCUT2D eigenvalue weighted by Gasteiger charge is -2.47. The molecule has 7 rings (SSSR count). The van der Waals surface area contributed by atoms with Crippen molar-refractivity contribution in [2.24, 2.45) is 0 Å². The Morgan fingerprint density at radius 2 is 0.903 bits per heavy atom. The fourth-order valence-corrected chi connectivity index (χ4v) is 6.28. The highest BCUT2D eigenvalue weighted by Crippen LogP contribution is 2.56. The van der Waals surface area contributed by atoms with Crippen molar-refractivity contribution in [1.29, 1.82) is 0 Å². The summed E-state index contributed by atoms with van der Waals surface area (Å²) in [6.07, 6.45) is 1.98. The molecule has 0 heteroatoms. The normalized spacial score (nSPS) is 15.1. The maximum atomic E-state index is 2.37. The van der Waals surface area contributed by atoms with E-state index in [9.17, 15) is 0 Å². The van der Waals surface area contributed by atoms with Gasteiger partial charge in [0.2, 0.25) is 0 Å². The maximum absolute atomic E-state index is 2.37. The van der Waals surface area contributed by atoms with E-state index in [-0.39, 0.29) is 5.41 Å². The molecule has 1 spiro atoms. The number of rotatable bonds is 0. The minimum absolute atomic E-state index is 0.281. The molecule has 0 nitrogen and oxygen atoms in total. The van der Waals surface area contributed by atoms with E-state index in [0.29, 0.717) is 0 Å². The molecule has 5 aromatic carbocycles. The van der Waals surface area contributed by atoms with Crippen molar-refractivity contribution in [3.8, 4) is 0 Å². The molecule has 146 valence electrons. The molecular formula is C31H22. The average molecular weight is 395 g/mol. The first-order valence-corrected chi connectivity index (χ1v) is 11.1. The van der Waals surface area contributed by atoms with Gasteiger partial charge in [-0.05, 0) is 68.1 Å². The second-order valence-electron chi connectivity index (χ2n) is 8.90. The van der Waals surface area contributed by atoms with Crippen LogP contribution in [0.3, 0.4) is 0 Å². The number of hydrogen-bond donors (Lipinski definition) is 0. The Morgan fingerprint density at radius 3 is 1.52 bits per heavy atom. The van der Waals surface area contributed by atoms with Crippen LogP contribution < -0.4 is 0 Å². The van der Waals surface area contributed by atoms with Gasteiger partial charge in [-0.2, -0.15) is 0 Å². The Bertz CT molecular complexity index is 1380. The average Bonchev–Trinajstić information content (AvgIpc) is 2.83. The Labute approximate surface area is 182 Å². The van der Waals surface area contributed by atoms with E-state index in [4.69, 9.17) is 0 Å². The molecule has 0 saturated carbocycles. The van der Waals surface area contributed by atoms with Crippen molar-refractivity contribution in [3.05, 3.63) is 154 Å². The fourth-order valence-electron chi connectivity index (χ4n) is 6.28. The van der Waals surface area contributed by atoms with Gasteiger partial charge >= 0.3 is 0 Å². The lowest BCUT2D eigenvalue weighted by molar-refractivity contribution is 0.676. The summed E-state index contributed by atoms with van der Waals surface area (Å²) in [6, 6.07) is 40.9. The van der Waals surface area contributed by atoms with Gasteiger partial charge in [0.1, 0.15) is 0 Å². The van der Waals surface area contributed by atoms with E-state index in [1.54, 1.807) is 0 Å². The Kier molecular flexibility index (Phi) is 3.41. The Morgan fingerprint density at radius 1 is 0.419 bits per heavy atom. The van der Waals surface area contributed by atoms with Gasteiger partial charge in [-0.15, -0.1) is 0 Å². The second-order valence-corrected chi connectivity index (χ2v) is 8.90. The minimum Gasteiger partial charge on any atom is -0.0620 e. The summed E-state index contributed by atoms with van der Waals surface area (Å²) in [7, 11) is 0. The van der Waals surface area contributed by atoms with E-state index >= 15 is 0 Å². The molecule has 0 unspecified atom stereocenters. The number of benzene rings is 5.